The summed E-state index contributed by atoms with van der Waals surface area (Å²) < 4.78 is 7.26. The van der Waals surface area contributed by atoms with Gasteiger partial charge in [0.05, 0.1) is 50.2 Å². The third kappa shape index (κ3) is 9.17. The van der Waals surface area contributed by atoms with Gasteiger partial charge in [-0.2, -0.15) is 5.26 Å². The minimum Gasteiger partial charge on any atom is -0.308 e. The van der Waals surface area contributed by atoms with Crippen LogP contribution in [0.3, 0.4) is 0 Å². The Morgan fingerprint density at radius 2 is 0.442 bits per heavy atom. The van der Waals surface area contributed by atoms with Crippen LogP contribution in [0.4, 0.5) is 0 Å². The average molecular weight is 1210 g/mol. The molecule has 5 heterocycles. The molecule has 0 atom stereocenters. The van der Waals surface area contributed by atoms with Crippen molar-refractivity contribution in [2.45, 2.75) is 0 Å². The summed E-state index contributed by atoms with van der Waals surface area (Å²) in [6, 6.07) is 116. The van der Waals surface area contributed by atoms with Crippen LogP contribution in [0.1, 0.15) is 5.56 Å². The third-order valence-corrected chi connectivity index (χ3v) is 19.0. The maximum atomic E-state index is 13.1. The second-order valence-electron chi connectivity index (χ2n) is 24.4. The Hall–Kier alpha value is -13.0. The van der Waals surface area contributed by atoms with Gasteiger partial charge in [0, 0.05) is 79.4 Å². The van der Waals surface area contributed by atoms with E-state index in [2.05, 4.69) is 323 Å². The van der Waals surface area contributed by atoms with E-state index in [-0.39, 0.29) is 0 Å². The van der Waals surface area contributed by atoms with Gasteiger partial charge in [0.1, 0.15) is 11.6 Å². The molecule has 0 saturated carbocycles. The molecule has 0 spiro atoms. The van der Waals surface area contributed by atoms with Gasteiger partial charge in [0.15, 0.2) is 0 Å². The summed E-state index contributed by atoms with van der Waals surface area (Å²) >= 11 is 0. The van der Waals surface area contributed by atoms with Crippen molar-refractivity contribution in [1.29, 1.82) is 5.26 Å². The first-order valence-corrected chi connectivity index (χ1v) is 32.1. The first-order valence-electron chi connectivity index (χ1n) is 32.1. The van der Waals surface area contributed by atoms with E-state index in [0.717, 1.165) is 160 Å². The Kier molecular flexibility index (Phi) is 13.2. The van der Waals surface area contributed by atoms with Crippen molar-refractivity contribution in [2.75, 3.05) is 0 Å². The molecule has 0 fully saturated rings. The summed E-state index contributed by atoms with van der Waals surface area (Å²) in [7, 11) is 0. The molecule has 0 aliphatic rings. The number of hydrogen-bond acceptors (Lipinski definition) is 3. The van der Waals surface area contributed by atoms with E-state index in [1.54, 1.807) is 0 Å². The minimum atomic E-state index is 0.473. The SMILES string of the molecule is N#Cc1c(-n2c3ccc(-c4ccccc4)cc3c3cc(-c4ccccc4)ccc32)c(-c2cccnc2)c(-n2c3ccc(-c4ccccc4)cc3c3cc(-c4ccccc4)ccc32)c(-c2cccnc2)c1-n1c2ccc(-c3ccccc3)cc2c2cc(-c3ccccc3)ccc21. The molecule has 0 radical (unpaired) electrons. The minimum absolute atomic E-state index is 0.473. The van der Waals surface area contributed by atoms with Gasteiger partial charge in [-0.3, -0.25) is 9.97 Å². The van der Waals surface area contributed by atoms with Crippen LogP contribution in [0.15, 0.2) is 340 Å². The lowest BCUT2D eigenvalue weighted by Crippen LogP contribution is -2.13. The quantitative estimate of drug-likeness (QED) is 0.130. The Balaban J connectivity index is 1.08. The summed E-state index contributed by atoms with van der Waals surface area (Å²) in [4.78, 5) is 9.99. The zero-order chi connectivity index (χ0) is 62.9. The van der Waals surface area contributed by atoms with Crippen molar-refractivity contribution in [3.8, 4) is 112 Å². The fourth-order valence-electron chi connectivity index (χ4n) is 14.7. The van der Waals surface area contributed by atoms with Gasteiger partial charge >= 0.3 is 0 Å². The molecule has 6 nitrogen and oxygen atoms in total. The molecule has 95 heavy (non-hydrogen) atoms. The van der Waals surface area contributed by atoms with Crippen LogP contribution in [0.5, 0.6) is 0 Å². The highest BCUT2D eigenvalue weighted by Gasteiger charge is 2.34. The van der Waals surface area contributed by atoms with Gasteiger partial charge in [-0.15, -0.1) is 0 Å². The van der Waals surface area contributed by atoms with E-state index in [0.29, 0.717) is 16.9 Å². The van der Waals surface area contributed by atoms with E-state index in [1.165, 1.54) is 0 Å². The van der Waals surface area contributed by atoms with Crippen LogP contribution in [-0.4, -0.2) is 23.7 Å². The van der Waals surface area contributed by atoms with Gasteiger partial charge in [0.25, 0.3) is 0 Å². The number of pyridine rings is 2. The van der Waals surface area contributed by atoms with E-state index < -0.39 is 0 Å². The standard InChI is InChI=1S/C89H56N6/c90-55-78-87(93-79-41-35-64(58-21-7-1-8-22-58)49-72(79)73-50-65(36-42-80(73)93)59-23-9-2-10-24-59)85(70-33-19-47-91-56-70)89(95-83-45-39-68(62-29-15-5-16-30-62)53-76(83)77-54-69(40-46-84(77)95)63-31-17-6-18-32-63)86(71-34-20-48-92-57-71)88(78)94-81-43-37-66(60-25-11-3-12-26-60)51-74(81)75-52-67(38-44-82(75)94)61-27-13-4-14-28-61/h1-54,56-57H. The zero-order valence-corrected chi connectivity index (χ0v) is 51.5. The van der Waals surface area contributed by atoms with Crippen LogP contribution >= 0.6 is 0 Å². The summed E-state index contributed by atoms with van der Waals surface area (Å²) in [5, 5.41) is 19.5. The smallest absolute Gasteiger partial charge is 0.104 e. The molecule has 5 aromatic heterocycles. The molecule has 18 aromatic rings. The van der Waals surface area contributed by atoms with Crippen LogP contribution in [0.25, 0.3) is 171 Å². The van der Waals surface area contributed by atoms with Gasteiger partial charge in [-0.05, 0) is 152 Å². The topological polar surface area (TPSA) is 64.4 Å². The molecular weight excluding hydrogens is 1150 g/mol. The first kappa shape index (κ1) is 54.9. The molecule has 0 N–H and O–H groups in total. The Morgan fingerprint density at radius 1 is 0.221 bits per heavy atom. The molecular formula is C89H56N6. The normalized spacial score (nSPS) is 11.6. The number of nitrogens with zero attached hydrogens (tertiary/aromatic N) is 6. The second kappa shape index (κ2) is 22.8. The van der Waals surface area contributed by atoms with E-state index in [4.69, 9.17) is 9.97 Å². The van der Waals surface area contributed by atoms with Crippen molar-refractivity contribution < 1.29 is 0 Å². The van der Waals surface area contributed by atoms with Crippen LogP contribution in [0, 0.1) is 11.3 Å². The van der Waals surface area contributed by atoms with Crippen molar-refractivity contribution in [1.82, 2.24) is 23.7 Å². The fraction of sp³-hybridized carbons (Fsp3) is 0. The molecule has 0 bridgehead atoms. The largest absolute Gasteiger partial charge is 0.308 e. The summed E-state index contributed by atoms with van der Waals surface area (Å²) in [5.41, 5.74) is 25.1. The molecule has 18 rings (SSSR count). The van der Waals surface area contributed by atoms with E-state index in [1.807, 2.05) is 36.9 Å². The van der Waals surface area contributed by atoms with Gasteiger partial charge in [-0.25, -0.2) is 0 Å². The van der Waals surface area contributed by atoms with Crippen molar-refractivity contribution in [2.24, 2.45) is 0 Å². The monoisotopic (exact) mass is 1210 g/mol. The molecule has 13 aromatic carbocycles. The molecule has 0 unspecified atom stereocenters. The van der Waals surface area contributed by atoms with Crippen LogP contribution in [-0.2, 0) is 0 Å². The van der Waals surface area contributed by atoms with Gasteiger partial charge in [-0.1, -0.05) is 231 Å². The maximum Gasteiger partial charge on any atom is 0.104 e. The van der Waals surface area contributed by atoms with E-state index >= 15 is 0 Å². The van der Waals surface area contributed by atoms with E-state index in [9.17, 15) is 5.26 Å². The highest BCUT2D eigenvalue weighted by Crippen LogP contribution is 2.53. The number of nitriles is 1. The lowest BCUT2D eigenvalue weighted by atomic mass is 9.89. The number of rotatable bonds is 11. The van der Waals surface area contributed by atoms with Crippen LogP contribution < -0.4 is 0 Å². The van der Waals surface area contributed by atoms with Gasteiger partial charge in [0.2, 0.25) is 0 Å². The third-order valence-electron chi connectivity index (χ3n) is 19.0. The summed E-state index contributed by atoms with van der Waals surface area (Å²) in [6.45, 7) is 0. The predicted molar refractivity (Wildman–Crippen MR) is 393 cm³/mol. The number of fused-ring (bicyclic) bond motifs is 9. The second-order valence-corrected chi connectivity index (χ2v) is 24.4. The first-order chi connectivity index (χ1) is 47.1. The lowest BCUT2D eigenvalue weighted by molar-refractivity contribution is 1.09. The van der Waals surface area contributed by atoms with Gasteiger partial charge < -0.3 is 13.7 Å². The fourth-order valence-corrected chi connectivity index (χ4v) is 14.7. The number of benzene rings is 13. The maximum absolute atomic E-state index is 13.1. The molecule has 6 heteroatoms. The van der Waals surface area contributed by atoms with Crippen molar-refractivity contribution in [3.05, 3.63) is 346 Å². The molecule has 0 amide bonds. The summed E-state index contributed by atoms with van der Waals surface area (Å²) in [5.74, 6) is 0. The highest BCUT2D eigenvalue weighted by molar-refractivity contribution is 6.18. The van der Waals surface area contributed by atoms with Crippen molar-refractivity contribution >= 4 is 65.4 Å². The number of hydrogen-bond donors (Lipinski definition) is 0. The predicted octanol–water partition coefficient (Wildman–Crippen LogP) is 23.0. The highest BCUT2D eigenvalue weighted by atomic mass is 15.1. The van der Waals surface area contributed by atoms with Crippen LogP contribution in [0.2, 0.25) is 0 Å². The zero-order valence-electron chi connectivity index (χ0n) is 51.5. The Morgan fingerprint density at radius 3 is 0.653 bits per heavy atom. The number of aromatic nitrogens is 5. The summed E-state index contributed by atoms with van der Waals surface area (Å²) in [6.07, 6.45) is 7.61. The Labute approximate surface area is 549 Å². The average Bonchev–Trinajstić information content (AvgIpc) is 1.58. The lowest BCUT2D eigenvalue weighted by Gasteiger charge is -2.28. The molecule has 0 aliphatic carbocycles. The van der Waals surface area contributed by atoms with Crippen molar-refractivity contribution in [3.63, 3.8) is 0 Å². The molecule has 442 valence electrons. The molecule has 0 saturated heterocycles. The molecule has 0 aliphatic heterocycles. The Bertz CT molecular complexity index is 5480.